The number of hydrogen-bond donors (Lipinski definition) is 1. The molecule has 0 unspecified atom stereocenters. The van der Waals surface area contributed by atoms with E-state index in [-0.39, 0.29) is 17.7 Å². The molecular weight excluding hydrogens is 292 g/mol. The van der Waals surface area contributed by atoms with E-state index in [0.717, 1.165) is 11.3 Å². The summed E-state index contributed by atoms with van der Waals surface area (Å²) < 4.78 is 2.05. The maximum atomic E-state index is 12.5. The highest BCUT2D eigenvalue weighted by molar-refractivity contribution is 5.80. The largest absolute Gasteiger partial charge is 0.352 e. The third-order valence-corrected chi connectivity index (χ3v) is 4.14. The van der Waals surface area contributed by atoms with Crippen LogP contribution in [0.1, 0.15) is 18.2 Å². The fourth-order valence-electron chi connectivity index (χ4n) is 2.83. The van der Waals surface area contributed by atoms with Crippen molar-refractivity contribution in [2.75, 3.05) is 6.54 Å². The third-order valence-electron chi connectivity index (χ3n) is 4.14. The van der Waals surface area contributed by atoms with Gasteiger partial charge in [-0.3, -0.25) is 14.6 Å². The number of hydrogen-bond acceptors (Lipinski definition) is 3. The van der Waals surface area contributed by atoms with Gasteiger partial charge in [0.15, 0.2) is 0 Å². The van der Waals surface area contributed by atoms with Gasteiger partial charge in [-0.05, 0) is 23.8 Å². The maximum absolute atomic E-state index is 12.5. The molecule has 1 atom stereocenters. The first-order valence-corrected chi connectivity index (χ1v) is 7.69. The lowest BCUT2D eigenvalue weighted by Crippen LogP contribution is -2.40. The van der Waals surface area contributed by atoms with Gasteiger partial charge < -0.3 is 14.8 Å². The van der Waals surface area contributed by atoms with Gasteiger partial charge >= 0.3 is 0 Å². The van der Waals surface area contributed by atoms with Crippen molar-refractivity contribution in [1.29, 1.82) is 0 Å². The number of carbonyl (C=O) groups is 2. The van der Waals surface area contributed by atoms with Crippen molar-refractivity contribution >= 4 is 11.8 Å². The number of fused-ring (bicyclic) bond motifs is 1. The number of rotatable bonds is 3. The van der Waals surface area contributed by atoms with E-state index in [2.05, 4.69) is 14.9 Å². The molecule has 1 aliphatic heterocycles. The Kier molecular flexibility index (Phi) is 4.41. The Morgan fingerprint density at radius 2 is 2.17 bits per heavy atom. The number of aromatic nitrogens is 2. The molecule has 0 aromatic carbocycles. The van der Waals surface area contributed by atoms with Crippen molar-refractivity contribution in [3.8, 4) is 0 Å². The number of pyridine rings is 1. The summed E-state index contributed by atoms with van der Waals surface area (Å²) >= 11 is 0. The summed E-state index contributed by atoms with van der Waals surface area (Å²) in [5.41, 5.74) is 2.02. The van der Waals surface area contributed by atoms with Crippen LogP contribution in [0.15, 0.2) is 42.9 Å². The van der Waals surface area contributed by atoms with E-state index in [9.17, 15) is 9.59 Å². The highest BCUT2D eigenvalue weighted by Crippen LogP contribution is 2.17. The lowest BCUT2D eigenvalue weighted by molar-refractivity contribution is -0.132. The van der Waals surface area contributed by atoms with Gasteiger partial charge in [0.25, 0.3) is 0 Å². The van der Waals surface area contributed by atoms with Crippen LogP contribution < -0.4 is 5.32 Å². The molecule has 0 fully saturated rings. The van der Waals surface area contributed by atoms with Crippen molar-refractivity contribution in [3.05, 3.63) is 54.1 Å². The van der Waals surface area contributed by atoms with Gasteiger partial charge in [-0.2, -0.15) is 0 Å². The van der Waals surface area contributed by atoms with Gasteiger partial charge in [-0.15, -0.1) is 0 Å². The van der Waals surface area contributed by atoms with Crippen LogP contribution in [-0.2, 0) is 29.2 Å². The molecule has 3 heterocycles. The summed E-state index contributed by atoms with van der Waals surface area (Å²) in [4.78, 5) is 30.1. The monoisotopic (exact) mass is 312 g/mol. The highest BCUT2D eigenvalue weighted by atomic mass is 16.2. The first-order chi connectivity index (χ1) is 11.1. The summed E-state index contributed by atoms with van der Waals surface area (Å²) in [5, 5.41) is 2.95. The quantitative estimate of drug-likeness (QED) is 0.925. The molecule has 3 rings (SSSR count). The van der Waals surface area contributed by atoms with Crippen LogP contribution >= 0.6 is 0 Å². The minimum Gasteiger partial charge on any atom is -0.352 e. The van der Waals surface area contributed by atoms with Gasteiger partial charge in [-0.1, -0.05) is 6.07 Å². The average molecular weight is 312 g/mol. The Hall–Kier alpha value is -2.63. The van der Waals surface area contributed by atoms with Crippen LogP contribution in [0.3, 0.4) is 0 Å². The van der Waals surface area contributed by atoms with Crippen molar-refractivity contribution in [2.24, 2.45) is 5.92 Å². The number of carbonyl (C=O) groups excluding carboxylic acids is 2. The predicted molar refractivity (Wildman–Crippen MR) is 85.1 cm³/mol. The Labute approximate surface area is 135 Å². The zero-order chi connectivity index (χ0) is 16.2. The topological polar surface area (TPSA) is 67.2 Å². The minimum atomic E-state index is -0.260. The predicted octanol–water partition coefficient (Wildman–Crippen LogP) is 1.18. The second kappa shape index (κ2) is 6.64. The molecule has 23 heavy (non-hydrogen) atoms. The molecular formula is C17H20N4O2. The molecule has 120 valence electrons. The van der Waals surface area contributed by atoms with Gasteiger partial charge in [-0.25, -0.2) is 0 Å². The molecule has 1 N–H and O–H groups in total. The fraction of sp³-hybridized carbons (Fsp3) is 0.353. The molecule has 0 aliphatic carbocycles. The first-order valence-electron chi connectivity index (χ1n) is 7.69. The summed E-state index contributed by atoms with van der Waals surface area (Å²) in [6.45, 7) is 3.57. The van der Waals surface area contributed by atoms with Gasteiger partial charge in [0, 0.05) is 50.8 Å². The Morgan fingerprint density at radius 1 is 1.30 bits per heavy atom. The smallest absolute Gasteiger partial charge is 0.226 e. The van der Waals surface area contributed by atoms with Crippen LogP contribution in [0, 0.1) is 5.92 Å². The van der Waals surface area contributed by atoms with Crippen LogP contribution in [0.5, 0.6) is 0 Å². The lowest BCUT2D eigenvalue weighted by Gasteiger charge is -2.22. The van der Waals surface area contributed by atoms with E-state index < -0.39 is 0 Å². The minimum absolute atomic E-state index is 0.00953. The van der Waals surface area contributed by atoms with Crippen molar-refractivity contribution in [3.63, 3.8) is 0 Å². The normalized spacial score (nSPS) is 17.3. The van der Waals surface area contributed by atoms with Crippen LogP contribution in [0.25, 0.3) is 0 Å². The van der Waals surface area contributed by atoms with E-state index in [1.807, 2.05) is 30.5 Å². The first kappa shape index (κ1) is 15.3. The Morgan fingerprint density at radius 3 is 2.91 bits per heavy atom. The van der Waals surface area contributed by atoms with E-state index in [4.69, 9.17) is 0 Å². The van der Waals surface area contributed by atoms with E-state index in [1.54, 1.807) is 24.2 Å². The number of nitrogens with zero attached hydrogens (tertiary/aromatic N) is 3. The van der Waals surface area contributed by atoms with Gasteiger partial charge in [0.1, 0.15) is 0 Å². The zero-order valence-corrected chi connectivity index (χ0v) is 13.1. The molecule has 0 saturated heterocycles. The lowest BCUT2D eigenvalue weighted by atomic mass is 10.1. The molecule has 6 heteroatoms. The van der Waals surface area contributed by atoms with Crippen molar-refractivity contribution in [2.45, 2.75) is 26.6 Å². The molecule has 1 aliphatic rings. The molecule has 2 amide bonds. The number of amides is 2. The molecule has 2 aromatic heterocycles. The molecule has 0 radical (unpaired) electrons. The van der Waals surface area contributed by atoms with Crippen LogP contribution in [-0.4, -0.2) is 32.8 Å². The van der Waals surface area contributed by atoms with Crippen LogP contribution in [0.4, 0.5) is 0 Å². The van der Waals surface area contributed by atoms with Gasteiger partial charge in [0.2, 0.25) is 11.8 Å². The zero-order valence-electron chi connectivity index (χ0n) is 13.1. The summed E-state index contributed by atoms with van der Waals surface area (Å²) in [5.74, 6) is -0.310. The van der Waals surface area contributed by atoms with Crippen molar-refractivity contribution in [1.82, 2.24) is 19.8 Å². The molecule has 0 saturated carbocycles. The molecule has 0 bridgehead atoms. The third kappa shape index (κ3) is 3.59. The maximum Gasteiger partial charge on any atom is 0.226 e. The second-order valence-corrected chi connectivity index (χ2v) is 5.83. The average Bonchev–Trinajstić information content (AvgIpc) is 2.90. The standard InChI is InChI=1S/C17H20N4O2/c1-13(22)21-11-15(10-20-7-3-5-16(20)12-21)17(23)19-9-14-4-2-6-18-8-14/h2-8,15H,9-12H2,1H3,(H,19,23)/t15-/m1/s1. The van der Waals surface area contributed by atoms with E-state index in [0.29, 0.717) is 26.2 Å². The summed E-state index contributed by atoms with van der Waals surface area (Å²) in [6.07, 6.45) is 5.40. The number of nitrogens with one attached hydrogen (secondary N) is 1. The Bertz CT molecular complexity index is 696. The Balaban J connectivity index is 1.70. The highest BCUT2D eigenvalue weighted by Gasteiger charge is 2.27. The summed E-state index contributed by atoms with van der Waals surface area (Å²) in [6, 6.07) is 7.71. The van der Waals surface area contributed by atoms with Gasteiger partial charge in [0.05, 0.1) is 12.5 Å². The van der Waals surface area contributed by atoms with E-state index >= 15 is 0 Å². The van der Waals surface area contributed by atoms with Crippen molar-refractivity contribution < 1.29 is 9.59 Å². The molecule has 0 spiro atoms. The summed E-state index contributed by atoms with van der Waals surface area (Å²) in [7, 11) is 0. The second-order valence-electron chi connectivity index (χ2n) is 5.83. The van der Waals surface area contributed by atoms with Crippen LogP contribution in [0.2, 0.25) is 0 Å². The molecule has 2 aromatic rings. The fourth-order valence-corrected chi connectivity index (χ4v) is 2.83. The SMILES string of the molecule is CC(=O)N1Cc2cccn2C[C@@H](C(=O)NCc2cccnc2)C1. The van der Waals surface area contributed by atoms with E-state index in [1.165, 1.54) is 0 Å². The molecule has 6 nitrogen and oxygen atoms in total.